The first-order valence-electron chi connectivity index (χ1n) is 6.23. The summed E-state index contributed by atoms with van der Waals surface area (Å²) in [5.74, 6) is 0.352. The van der Waals surface area contributed by atoms with Gasteiger partial charge in [0.15, 0.2) is 5.69 Å². The van der Waals surface area contributed by atoms with Crippen molar-refractivity contribution in [3.63, 3.8) is 0 Å². The molecule has 3 aromatic rings. The molecule has 0 aliphatic rings. The molecule has 0 saturated heterocycles. The van der Waals surface area contributed by atoms with Gasteiger partial charge in [-0.3, -0.25) is 4.79 Å². The minimum atomic E-state index is -0.336. The maximum Gasteiger partial charge on any atom is 0.276 e. The highest BCUT2D eigenvalue weighted by atomic mass is 16.6. The monoisotopic (exact) mass is 271 g/mol. The van der Waals surface area contributed by atoms with E-state index in [2.05, 4.69) is 20.3 Å². The second-order valence-electron chi connectivity index (χ2n) is 4.58. The van der Waals surface area contributed by atoms with Gasteiger partial charge in [0.2, 0.25) is 0 Å². The highest BCUT2D eigenvalue weighted by Gasteiger charge is 2.19. The number of fused-ring (bicyclic) bond motifs is 1. The number of hydrogen-bond donors (Lipinski definition) is 1. The van der Waals surface area contributed by atoms with E-state index in [0.29, 0.717) is 11.5 Å². The first-order chi connectivity index (χ1) is 9.65. The Hall–Kier alpha value is -2.63. The van der Waals surface area contributed by atoms with Gasteiger partial charge in [-0.2, -0.15) is 0 Å². The predicted octanol–water partition coefficient (Wildman–Crippen LogP) is 2.62. The highest BCUT2D eigenvalue weighted by Crippen LogP contribution is 2.23. The number of aryl methyl sites for hydroxylation is 1. The molecule has 1 atom stereocenters. The number of nitrogens with one attached hydrogen (secondary N) is 1. The van der Waals surface area contributed by atoms with Crippen LogP contribution in [0.4, 0.5) is 0 Å². The van der Waals surface area contributed by atoms with Gasteiger partial charge in [-0.05, 0) is 31.1 Å². The van der Waals surface area contributed by atoms with Gasteiger partial charge >= 0.3 is 0 Å². The molecule has 0 unspecified atom stereocenters. The summed E-state index contributed by atoms with van der Waals surface area (Å²) in [4.78, 5) is 12.0. The van der Waals surface area contributed by atoms with E-state index in [4.69, 9.17) is 4.42 Å². The number of benzene rings is 1. The molecule has 0 spiro atoms. The molecule has 1 amide bonds. The van der Waals surface area contributed by atoms with Crippen LogP contribution in [0.15, 0.2) is 39.4 Å². The standard InChI is InChI=1S/C14H13N3O3/c1-8(15-14(18)13-9(2)16-20-17-13)12-7-10-5-3-4-6-11(10)19-12/h3-8H,1-2H3,(H,15,18)/t8-/m1/s1. The van der Waals surface area contributed by atoms with Gasteiger partial charge < -0.3 is 9.73 Å². The molecule has 20 heavy (non-hydrogen) atoms. The molecular weight excluding hydrogens is 258 g/mol. The van der Waals surface area contributed by atoms with Gasteiger partial charge in [0.25, 0.3) is 5.91 Å². The summed E-state index contributed by atoms with van der Waals surface area (Å²) in [6.45, 7) is 3.51. The molecule has 6 nitrogen and oxygen atoms in total. The molecule has 0 aliphatic heterocycles. The zero-order chi connectivity index (χ0) is 14.1. The third kappa shape index (κ3) is 2.16. The fraction of sp³-hybridized carbons (Fsp3) is 0.214. The van der Waals surface area contributed by atoms with Crippen LogP contribution in [0.2, 0.25) is 0 Å². The van der Waals surface area contributed by atoms with Crippen LogP contribution in [0.25, 0.3) is 11.0 Å². The summed E-state index contributed by atoms with van der Waals surface area (Å²) in [5.41, 5.74) is 1.44. The fourth-order valence-electron chi connectivity index (χ4n) is 1.99. The van der Waals surface area contributed by atoms with E-state index in [1.807, 2.05) is 37.3 Å². The summed E-state index contributed by atoms with van der Waals surface area (Å²) < 4.78 is 10.2. The van der Waals surface area contributed by atoms with Crippen molar-refractivity contribution in [2.75, 3.05) is 0 Å². The van der Waals surface area contributed by atoms with E-state index in [1.54, 1.807) is 6.92 Å². The van der Waals surface area contributed by atoms with Crippen LogP contribution in [0.1, 0.15) is 34.9 Å². The van der Waals surface area contributed by atoms with Gasteiger partial charge in [-0.25, -0.2) is 4.63 Å². The molecule has 3 rings (SSSR count). The van der Waals surface area contributed by atoms with Crippen molar-refractivity contribution in [1.29, 1.82) is 0 Å². The number of nitrogens with zero attached hydrogens (tertiary/aromatic N) is 2. The zero-order valence-electron chi connectivity index (χ0n) is 11.1. The molecule has 6 heteroatoms. The SMILES string of the molecule is Cc1nonc1C(=O)N[C@H](C)c1cc2ccccc2o1. The molecule has 0 saturated carbocycles. The molecule has 0 fully saturated rings. The number of para-hydroxylation sites is 1. The Bertz CT molecular complexity index is 727. The largest absolute Gasteiger partial charge is 0.459 e. The average molecular weight is 271 g/mol. The van der Waals surface area contributed by atoms with Crippen molar-refractivity contribution < 1.29 is 13.8 Å². The number of hydrogen-bond acceptors (Lipinski definition) is 5. The average Bonchev–Trinajstić information content (AvgIpc) is 3.04. The summed E-state index contributed by atoms with van der Waals surface area (Å²) in [6.07, 6.45) is 0. The van der Waals surface area contributed by atoms with Crippen molar-refractivity contribution >= 4 is 16.9 Å². The van der Waals surface area contributed by atoms with Crippen LogP contribution in [0.5, 0.6) is 0 Å². The Morgan fingerprint density at radius 2 is 2.10 bits per heavy atom. The normalized spacial score (nSPS) is 12.5. The van der Waals surface area contributed by atoms with E-state index in [1.165, 1.54) is 0 Å². The predicted molar refractivity (Wildman–Crippen MR) is 71.1 cm³/mol. The second-order valence-corrected chi connectivity index (χ2v) is 4.58. The maximum absolute atomic E-state index is 12.0. The molecule has 102 valence electrons. The summed E-state index contributed by atoms with van der Waals surface area (Å²) in [5, 5.41) is 11.0. The Morgan fingerprint density at radius 3 is 2.80 bits per heavy atom. The lowest BCUT2D eigenvalue weighted by Gasteiger charge is -2.09. The molecule has 0 bridgehead atoms. The van der Waals surface area contributed by atoms with Crippen molar-refractivity contribution in [2.45, 2.75) is 19.9 Å². The zero-order valence-corrected chi connectivity index (χ0v) is 11.1. The van der Waals surface area contributed by atoms with Crippen LogP contribution in [0, 0.1) is 6.92 Å². The highest BCUT2D eigenvalue weighted by molar-refractivity contribution is 5.93. The number of carbonyl (C=O) groups is 1. The van der Waals surface area contributed by atoms with E-state index in [-0.39, 0.29) is 17.6 Å². The summed E-state index contributed by atoms with van der Waals surface area (Å²) in [6, 6.07) is 9.33. The van der Waals surface area contributed by atoms with Crippen LogP contribution in [0.3, 0.4) is 0 Å². The quantitative estimate of drug-likeness (QED) is 0.791. The number of rotatable bonds is 3. The molecule has 0 radical (unpaired) electrons. The number of aromatic nitrogens is 2. The second kappa shape index (κ2) is 4.80. The van der Waals surface area contributed by atoms with Crippen LogP contribution in [-0.2, 0) is 0 Å². The maximum atomic E-state index is 12.0. The Kier molecular flexibility index (Phi) is 2.98. The van der Waals surface area contributed by atoms with E-state index in [0.717, 1.165) is 11.0 Å². The molecular formula is C14H13N3O3. The lowest BCUT2D eigenvalue weighted by Crippen LogP contribution is -2.27. The lowest BCUT2D eigenvalue weighted by molar-refractivity contribution is 0.0925. The minimum Gasteiger partial charge on any atom is -0.459 e. The fourth-order valence-corrected chi connectivity index (χ4v) is 1.99. The van der Waals surface area contributed by atoms with E-state index >= 15 is 0 Å². The van der Waals surface area contributed by atoms with E-state index < -0.39 is 0 Å². The molecule has 2 aromatic heterocycles. The van der Waals surface area contributed by atoms with Crippen LogP contribution >= 0.6 is 0 Å². The smallest absolute Gasteiger partial charge is 0.276 e. The minimum absolute atomic E-state index is 0.188. The molecule has 1 N–H and O–H groups in total. The number of amides is 1. The van der Waals surface area contributed by atoms with Gasteiger partial charge in [0, 0.05) is 5.39 Å². The Morgan fingerprint density at radius 1 is 1.30 bits per heavy atom. The third-order valence-corrected chi connectivity index (χ3v) is 3.09. The first kappa shape index (κ1) is 12.4. The van der Waals surface area contributed by atoms with Crippen molar-refractivity contribution in [3.05, 3.63) is 47.5 Å². The summed E-state index contributed by atoms with van der Waals surface area (Å²) in [7, 11) is 0. The Labute approximate surface area is 114 Å². The van der Waals surface area contributed by atoms with Crippen LogP contribution in [-0.4, -0.2) is 16.2 Å². The van der Waals surface area contributed by atoms with E-state index in [9.17, 15) is 4.79 Å². The van der Waals surface area contributed by atoms with Gasteiger partial charge in [-0.15, -0.1) is 0 Å². The third-order valence-electron chi connectivity index (χ3n) is 3.09. The van der Waals surface area contributed by atoms with Crippen molar-refractivity contribution in [3.8, 4) is 0 Å². The molecule has 2 heterocycles. The molecule has 0 aliphatic carbocycles. The lowest BCUT2D eigenvalue weighted by atomic mass is 10.2. The number of furan rings is 1. The molecule has 1 aromatic carbocycles. The van der Waals surface area contributed by atoms with Crippen molar-refractivity contribution in [1.82, 2.24) is 15.6 Å². The number of carbonyl (C=O) groups excluding carboxylic acids is 1. The van der Waals surface area contributed by atoms with Gasteiger partial charge in [-0.1, -0.05) is 23.4 Å². The summed E-state index contributed by atoms with van der Waals surface area (Å²) >= 11 is 0. The van der Waals surface area contributed by atoms with Gasteiger partial charge in [0.05, 0.1) is 6.04 Å². The topological polar surface area (TPSA) is 81.2 Å². The van der Waals surface area contributed by atoms with Crippen LogP contribution < -0.4 is 5.32 Å². The van der Waals surface area contributed by atoms with Crippen molar-refractivity contribution in [2.24, 2.45) is 0 Å². The van der Waals surface area contributed by atoms with Gasteiger partial charge in [0.1, 0.15) is 17.0 Å². The Balaban J connectivity index is 1.80. The first-order valence-corrected chi connectivity index (χ1v) is 6.23.